The van der Waals surface area contributed by atoms with Gasteiger partial charge in [0, 0.05) is 10.1 Å². The first-order valence-corrected chi connectivity index (χ1v) is 11.2. The van der Waals surface area contributed by atoms with Crippen molar-refractivity contribution in [3.8, 4) is 17.2 Å². The summed E-state index contributed by atoms with van der Waals surface area (Å²) in [6.07, 6.45) is 1.46. The topological polar surface area (TPSA) is 86.2 Å². The molecular weight excluding hydrogens is 476 g/mol. The maximum atomic E-state index is 12.5. The standard InChI is InChI=1S/C25H19ClN2O5S/c1-31-17-10-8-16(9-11-17)25(30)33-19-12-7-15(13-20(19)32-2)14-27-28-24(29)23-22(26)18-5-3-4-6-21(18)34-23/h3-14H,1-2H3,(H,28,29)/b27-14-. The number of thiophene rings is 1. The highest BCUT2D eigenvalue weighted by atomic mass is 35.5. The largest absolute Gasteiger partial charge is 0.497 e. The SMILES string of the molecule is COc1ccc(C(=O)Oc2ccc(/C=N\NC(=O)c3sc4ccccc4c3Cl)cc2OC)cc1. The highest BCUT2D eigenvalue weighted by Gasteiger charge is 2.16. The fourth-order valence-electron chi connectivity index (χ4n) is 3.11. The third kappa shape index (κ3) is 5.03. The molecule has 0 aliphatic rings. The molecular formula is C25H19ClN2O5S. The summed E-state index contributed by atoms with van der Waals surface area (Å²) < 4.78 is 16.8. The maximum Gasteiger partial charge on any atom is 0.343 e. The van der Waals surface area contributed by atoms with Crippen molar-refractivity contribution >= 4 is 51.1 Å². The molecule has 0 fully saturated rings. The summed E-state index contributed by atoms with van der Waals surface area (Å²) >= 11 is 7.64. The normalized spacial score (nSPS) is 10.9. The number of benzene rings is 3. The molecule has 4 aromatic rings. The molecule has 0 saturated heterocycles. The Hall–Kier alpha value is -3.88. The number of nitrogens with one attached hydrogen (secondary N) is 1. The van der Waals surface area contributed by atoms with Gasteiger partial charge in [0.05, 0.1) is 31.0 Å². The zero-order valence-electron chi connectivity index (χ0n) is 18.2. The Bertz CT molecular complexity index is 1380. The van der Waals surface area contributed by atoms with Gasteiger partial charge in [0.15, 0.2) is 11.5 Å². The summed E-state index contributed by atoms with van der Waals surface area (Å²) in [5, 5.41) is 5.24. The van der Waals surface area contributed by atoms with Crippen LogP contribution in [0.1, 0.15) is 25.6 Å². The van der Waals surface area contributed by atoms with E-state index in [0.717, 1.165) is 10.1 Å². The van der Waals surface area contributed by atoms with Crippen molar-refractivity contribution in [1.29, 1.82) is 0 Å². The lowest BCUT2D eigenvalue weighted by atomic mass is 10.2. The number of ether oxygens (including phenoxy) is 3. The monoisotopic (exact) mass is 494 g/mol. The quantitative estimate of drug-likeness (QED) is 0.157. The average Bonchev–Trinajstić information content (AvgIpc) is 3.21. The molecule has 0 saturated carbocycles. The van der Waals surface area contributed by atoms with Gasteiger partial charge >= 0.3 is 5.97 Å². The Balaban J connectivity index is 1.43. The molecule has 0 unspecified atom stereocenters. The minimum absolute atomic E-state index is 0.251. The van der Waals surface area contributed by atoms with Gasteiger partial charge in [-0.05, 0) is 54.1 Å². The molecule has 0 bridgehead atoms. The van der Waals surface area contributed by atoms with Crippen LogP contribution in [-0.2, 0) is 0 Å². The number of hydrogen-bond acceptors (Lipinski definition) is 7. The Morgan fingerprint density at radius 2 is 1.74 bits per heavy atom. The molecule has 0 atom stereocenters. The van der Waals surface area contributed by atoms with E-state index in [4.69, 9.17) is 25.8 Å². The first-order valence-electron chi connectivity index (χ1n) is 10.0. The summed E-state index contributed by atoms with van der Waals surface area (Å²) in [7, 11) is 3.01. The molecule has 0 spiro atoms. The van der Waals surface area contributed by atoms with Crippen molar-refractivity contribution in [1.82, 2.24) is 5.43 Å². The fraction of sp³-hybridized carbons (Fsp3) is 0.0800. The molecule has 0 aliphatic heterocycles. The van der Waals surface area contributed by atoms with Gasteiger partial charge in [0.1, 0.15) is 10.6 Å². The molecule has 1 aromatic heterocycles. The second-order valence-corrected chi connectivity index (χ2v) is 8.40. The molecule has 1 heterocycles. The van der Waals surface area contributed by atoms with Crippen LogP contribution in [0.3, 0.4) is 0 Å². The molecule has 0 radical (unpaired) electrons. The number of halogens is 1. The van der Waals surface area contributed by atoms with Gasteiger partial charge < -0.3 is 14.2 Å². The van der Waals surface area contributed by atoms with Crippen LogP contribution >= 0.6 is 22.9 Å². The number of nitrogens with zero attached hydrogens (tertiary/aromatic N) is 1. The Morgan fingerprint density at radius 1 is 0.971 bits per heavy atom. The van der Waals surface area contributed by atoms with Crippen molar-refractivity contribution in [2.24, 2.45) is 5.10 Å². The molecule has 1 N–H and O–H groups in total. The van der Waals surface area contributed by atoms with E-state index in [0.29, 0.717) is 32.5 Å². The van der Waals surface area contributed by atoms with Gasteiger partial charge in [-0.3, -0.25) is 4.79 Å². The Morgan fingerprint density at radius 3 is 2.44 bits per heavy atom. The number of carbonyl (C=O) groups excluding carboxylic acids is 2. The van der Waals surface area contributed by atoms with Crippen molar-refractivity contribution in [2.75, 3.05) is 14.2 Å². The van der Waals surface area contributed by atoms with E-state index in [1.165, 1.54) is 24.7 Å². The number of hydrogen-bond donors (Lipinski definition) is 1. The minimum atomic E-state index is -0.533. The molecule has 9 heteroatoms. The predicted molar refractivity (Wildman–Crippen MR) is 133 cm³/mol. The highest BCUT2D eigenvalue weighted by molar-refractivity contribution is 7.21. The zero-order chi connectivity index (χ0) is 24.1. The van der Waals surface area contributed by atoms with Gasteiger partial charge in [-0.1, -0.05) is 29.8 Å². The van der Waals surface area contributed by atoms with Crippen LogP contribution < -0.4 is 19.6 Å². The molecule has 3 aromatic carbocycles. The molecule has 172 valence electrons. The van der Waals surface area contributed by atoms with Gasteiger partial charge in [-0.2, -0.15) is 5.10 Å². The van der Waals surface area contributed by atoms with E-state index in [-0.39, 0.29) is 5.75 Å². The number of fused-ring (bicyclic) bond motifs is 1. The van der Waals surface area contributed by atoms with Crippen LogP contribution in [0.25, 0.3) is 10.1 Å². The maximum absolute atomic E-state index is 12.5. The lowest BCUT2D eigenvalue weighted by Crippen LogP contribution is -2.16. The van der Waals surface area contributed by atoms with Gasteiger partial charge in [0.25, 0.3) is 5.91 Å². The van der Waals surface area contributed by atoms with Crippen LogP contribution in [0, 0.1) is 0 Å². The van der Waals surface area contributed by atoms with Gasteiger partial charge in [0.2, 0.25) is 0 Å². The van der Waals surface area contributed by atoms with E-state index in [9.17, 15) is 9.59 Å². The number of rotatable bonds is 7. The van der Waals surface area contributed by atoms with Crippen LogP contribution in [0.5, 0.6) is 17.2 Å². The van der Waals surface area contributed by atoms with E-state index in [1.54, 1.807) is 49.6 Å². The summed E-state index contributed by atoms with van der Waals surface area (Å²) in [5.74, 6) is 0.292. The molecule has 4 rings (SSSR count). The predicted octanol–water partition coefficient (Wildman–Crippen LogP) is 5.56. The van der Waals surface area contributed by atoms with E-state index < -0.39 is 11.9 Å². The third-order valence-electron chi connectivity index (χ3n) is 4.84. The van der Waals surface area contributed by atoms with Crippen LogP contribution in [-0.4, -0.2) is 32.3 Å². The van der Waals surface area contributed by atoms with E-state index in [1.807, 2.05) is 24.3 Å². The molecule has 7 nitrogen and oxygen atoms in total. The van der Waals surface area contributed by atoms with Gasteiger partial charge in [-0.25, -0.2) is 10.2 Å². The summed E-state index contributed by atoms with van der Waals surface area (Å²) in [4.78, 5) is 25.3. The first kappa shape index (κ1) is 23.3. The van der Waals surface area contributed by atoms with Crippen LogP contribution in [0.15, 0.2) is 71.8 Å². The van der Waals surface area contributed by atoms with Crippen molar-refractivity contribution in [3.63, 3.8) is 0 Å². The number of esters is 1. The smallest absolute Gasteiger partial charge is 0.343 e. The fourth-order valence-corrected chi connectivity index (χ4v) is 4.52. The van der Waals surface area contributed by atoms with E-state index >= 15 is 0 Å². The van der Waals surface area contributed by atoms with Gasteiger partial charge in [-0.15, -0.1) is 11.3 Å². The van der Waals surface area contributed by atoms with Crippen LogP contribution in [0.4, 0.5) is 0 Å². The lowest BCUT2D eigenvalue weighted by molar-refractivity contribution is 0.0729. The van der Waals surface area contributed by atoms with Crippen LogP contribution in [0.2, 0.25) is 5.02 Å². The minimum Gasteiger partial charge on any atom is -0.497 e. The zero-order valence-corrected chi connectivity index (χ0v) is 19.8. The Labute approximate surface area is 204 Å². The molecule has 1 amide bonds. The first-order chi connectivity index (χ1) is 16.5. The van der Waals surface area contributed by atoms with Crippen molar-refractivity contribution in [2.45, 2.75) is 0 Å². The van der Waals surface area contributed by atoms with E-state index in [2.05, 4.69) is 10.5 Å². The third-order valence-corrected chi connectivity index (χ3v) is 6.51. The number of amides is 1. The summed E-state index contributed by atoms with van der Waals surface area (Å²) in [6.45, 7) is 0. The molecule has 34 heavy (non-hydrogen) atoms. The Kier molecular flexibility index (Phi) is 7.10. The van der Waals surface area contributed by atoms with Crippen molar-refractivity contribution < 1.29 is 23.8 Å². The average molecular weight is 495 g/mol. The second kappa shape index (κ2) is 10.4. The summed E-state index contributed by atoms with van der Waals surface area (Å²) in [5.41, 5.74) is 3.48. The second-order valence-electron chi connectivity index (χ2n) is 6.97. The lowest BCUT2D eigenvalue weighted by Gasteiger charge is -2.10. The highest BCUT2D eigenvalue weighted by Crippen LogP contribution is 2.35. The number of hydrazone groups is 1. The number of methoxy groups -OCH3 is 2. The van der Waals surface area contributed by atoms with Crippen molar-refractivity contribution in [3.05, 3.63) is 87.8 Å². The molecule has 0 aliphatic carbocycles. The number of carbonyl (C=O) groups is 2. The summed E-state index contributed by atoms with van der Waals surface area (Å²) in [6, 6.07) is 19.0.